The largest absolute Gasteiger partial charge is 0.492 e. The maximum Gasteiger partial charge on any atom is 0.238 e. The number of anilines is 1. The number of rotatable bonds is 5. The summed E-state index contributed by atoms with van der Waals surface area (Å²) in [7, 11) is 0. The summed E-state index contributed by atoms with van der Waals surface area (Å²) in [4.78, 5) is 15.6. The van der Waals surface area contributed by atoms with Crippen molar-refractivity contribution in [3.63, 3.8) is 0 Å². The van der Waals surface area contributed by atoms with Gasteiger partial charge >= 0.3 is 0 Å². The van der Waals surface area contributed by atoms with E-state index < -0.39 is 0 Å². The third-order valence-corrected chi connectivity index (χ3v) is 4.16. The number of hydrogen-bond acceptors (Lipinski definition) is 6. The fraction of sp³-hybridized carbons (Fsp3) is 0.105. The summed E-state index contributed by atoms with van der Waals surface area (Å²) in [6, 6.07) is 15.5. The van der Waals surface area contributed by atoms with Crippen molar-refractivity contribution < 1.29 is 5.11 Å². The Bertz CT molecular complexity index is 1070. The van der Waals surface area contributed by atoms with Gasteiger partial charge in [0.2, 0.25) is 11.8 Å². The van der Waals surface area contributed by atoms with Gasteiger partial charge in [-0.05, 0) is 29.0 Å². The minimum atomic E-state index is -0.106. The monoisotopic (exact) mass is 346 g/mol. The highest BCUT2D eigenvalue weighted by molar-refractivity contribution is 5.67. The van der Waals surface area contributed by atoms with Crippen LogP contribution in [0.4, 0.5) is 11.6 Å². The average molecular weight is 346 g/mol. The molecule has 0 fully saturated rings. The lowest BCUT2D eigenvalue weighted by atomic mass is 10.1. The number of nitrogens with one attached hydrogen (secondary N) is 2. The molecule has 2 aromatic carbocycles. The number of aromatic hydroxyl groups is 1. The third-order valence-electron chi connectivity index (χ3n) is 4.16. The summed E-state index contributed by atoms with van der Waals surface area (Å²) in [6.07, 6.45) is 3.34. The molecule has 2 heterocycles. The molecule has 4 rings (SSSR count). The van der Waals surface area contributed by atoms with Crippen molar-refractivity contribution in [2.45, 2.75) is 6.04 Å². The van der Waals surface area contributed by atoms with Crippen molar-refractivity contribution in [2.24, 2.45) is 15.7 Å². The first-order chi connectivity index (χ1) is 12.7. The van der Waals surface area contributed by atoms with Gasteiger partial charge < -0.3 is 21.1 Å². The van der Waals surface area contributed by atoms with E-state index in [9.17, 15) is 5.11 Å². The number of benzene rings is 2. The molecule has 0 spiro atoms. The quantitative estimate of drug-likeness (QED) is 0.559. The van der Waals surface area contributed by atoms with Crippen LogP contribution in [0, 0.1) is 0 Å². The van der Waals surface area contributed by atoms with Gasteiger partial charge in [-0.2, -0.15) is 4.98 Å². The molecule has 7 heteroatoms. The molecular formula is C19H18N6O. The molecule has 1 aromatic heterocycles. The lowest BCUT2D eigenvalue weighted by Crippen LogP contribution is -2.21. The number of nitrogens with two attached hydrogens (primary N) is 1. The summed E-state index contributed by atoms with van der Waals surface area (Å²) in [6.45, 7) is 0.400. The zero-order valence-electron chi connectivity index (χ0n) is 13.9. The second kappa shape index (κ2) is 6.81. The molecule has 1 aliphatic heterocycles. The molecule has 0 bridgehead atoms. The Morgan fingerprint density at radius 1 is 1.19 bits per heavy atom. The van der Waals surface area contributed by atoms with E-state index >= 15 is 0 Å². The Hall–Kier alpha value is -3.45. The fourth-order valence-corrected chi connectivity index (χ4v) is 2.84. The van der Waals surface area contributed by atoms with Crippen LogP contribution in [0.15, 0.2) is 58.5 Å². The van der Waals surface area contributed by atoms with Crippen LogP contribution in [0.1, 0.15) is 17.3 Å². The summed E-state index contributed by atoms with van der Waals surface area (Å²) in [5.41, 5.74) is 8.25. The normalized spacial score (nSPS) is 14.1. The first-order valence-corrected chi connectivity index (χ1v) is 8.25. The van der Waals surface area contributed by atoms with E-state index in [1.54, 1.807) is 0 Å². The van der Waals surface area contributed by atoms with Gasteiger partial charge in [0.05, 0.1) is 17.1 Å². The van der Waals surface area contributed by atoms with Gasteiger partial charge in [-0.3, -0.25) is 0 Å². The Morgan fingerprint density at radius 2 is 2.04 bits per heavy atom. The number of aliphatic imine (C=N–C) groups is 1. The van der Waals surface area contributed by atoms with E-state index in [0.717, 1.165) is 21.8 Å². The van der Waals surface area contributed by atoms with Crippen molar-refractivity contribution in [3.05, 3.63) is 70.4 Å². The summed E-state index contributed by atoms with van der Waals surface area (Å²) in [5, 5.41) is 15.1. The van der Waals surface area contributed by atoms with Crippen molar-refractivity contribution >= 4 is 24.1 Å². The van der Waals surface area contributed by atoms with E-state index in [4.69, 9.17) is 5.73 Å². The van der Waals surface area contributed by atoms with Crippen LogP contribution in [0.25, 0.3) is 6.08 Å². The van der Waals surface area contributed by atoms with Gasteiger partial charge in [-0.1, -0.05) is 36.4 Å². The predicted molar refractivity (Wildman–Crippen MR) is 101 cm³/mol. The molecule has 0 saturated carbocycles. The van der Waals surface area contributed by atoms with E-state index in [-0.39, 0.29) is 11.9 Å². The molecule has 7 nitrogen and oxygen atoms in total. The van der Waals surface area contributed by atoms with Gasteiger partial charge in [-0.15, -0.1) is 0 Å². The second-order valence-electron chi connectivity index (χ2n) is 5.93. The van der Waals surface area contributed by atoms with E-state index in [1.807, 2.05) is 54.6 Å². The number of hydrogen-bond donors (Lipinski definition) is 4. The number of H-pyrrole nitrogens is 1. The second-order valence-corrected chi connectivity index (χ2v) is 5.93. The van der Waals surface area contributed by atoms with Gasteiger partial charge in [-0.25, -0.2) is 9.98 Å². The lowest BCUT2D eigenvalue weighted by Gasteiger charge is -2.16. The smallest absolute Gasteiger partial charge is 0.238 e. The molecule has 3 aromatic rings. The van der Waals surface area contributed by atoms with E-state index in [0.29, 0.717) is 18.2 Å². The van der Waals surface area contributed by atoms with Crippen molar-refractivity contribution in [2.75, 3.05) is 11.9 Å². The van der Waals surface area contributed by atoms with Crippen LogP contribution >= 0.6 is 0 Å². The number of imidazole rings is 1. The Kier molecular flexibility index (Phi) is 4.20. The Morgan fingerprint density at radius 3 is 2.85 bits per heavy atom. The Balaban J connectivity index is 1.61. The molecular weight excluding hydrogens is 328 g/mol. The van der Waals surface area contributed by atoms with Gasteiger partial charge in [0.25, 0.3) is 0 Å². The van der Waals surface area contributed by atoms with E-state index in [1.165, 1.54) is 6.34 Å². The summed E-state index contributed by atoms with van der Waals surface area (Å²) in [5.74, 6) is 0.382. The standard InChI is InChI=1S/C19H18N6O/c20-10-17(13-4-2-1-3-5-13)24-19-23-16(18(26)25-19)9-12-6-7-14-15(8-12)22-11-21-14/h1-9,11,17,26H,10,20H2,(H2,23,24,25)/t17-/m1/s1. The van der Waals surface area contributed by atoms with Gasteiger partial charge in [0.1, 0.15) is 12.0 Å². The van der Waals surface area contributed by atoms with Crippen molar-refractivity contribution in [1.82, 2.24) is 9.97 Å². The number of nitrogens with zero attached hydrogens (tertiary/aromatic N) is 3. The molecule has 130 valence electrons. The number of fused-ring (bicyclic) bond motifs is 1. The van der Waals surface area contributed by atoms with Crippen LogP contribution in [0.2, 0.25) is 0 Å². The highest BCUT2D eigenvalue weighted by Gasteiger charge is 2.13. The molecule has 1 atom stereocenters. The number of aromatic nitrogens is 2. The highest BCUT2D eigenvalue weighted by Crippen LogP contribution is 2.21. The molecule has 0 radical (unpaired) electrons. The zero-order valence-corrected chi connectivity index (χ0v) is 13.9. The molecule has 0 unspecified atom stereocenters. The van der Waals surface area contributed by atoms with Crippen molar-refractivity contribution in [3.8, 4) is 5.88 Å². The maximum atomic E-state index is 10.1. The molecule has 5 N–H and O–H groups in total. The third kappa shape index (κ3) is 3.20. The maximum absolute atomic E-state index is 10.1. The zero-order chi connectivity index (χ0) is 17.9. The molecule has 1 aliphatic rings. The lowest BCUT2D eigenvalue weighted by molar-refractivity contribution is 0.455. The predicted octanol–water partition coefficient (Wildman–Crippen LogP) is 1.35. The fourth-order valence-electron chi connectivity index (χ4n) is 2.84. The van der Waals surface area contributed by atoms with Crippen LogP contribution in [-0.4, -0.2) is 28.0 Å². The van der Waals surface area contributed by atoms with Gasteiger partial charge in [0, 0.05) is 6.54 Å². The highest BCUT2D eigenvalue weighted by atomic mass is 16.3. The van der Waals surface area contributed by atoms with Crippen molar-refractivity contribution in [1.29, 1.82) is 0 Å². The SMILES string of the molecule is NC[C@@H](Nc1nc(O)c(C=c2ccc3c(c2)N=CN=3)[nH]1)c1ccccc1. The molecule has 0 amide bonds. The number of aromatic amines is 1. The average Bonchev–Trinajstić information content (AvgIpc) is 3.26. The minimum absolute atomic E-state index is 0.0787. The van der Waals surface area contributed by atoms with E-state index in [2.05, 4.69) is 25.3 Å². The van der Waals surface area contributed by atoms with Crippen LogP contribution < -0.4 is 21.6 Å². The molecule has 0 aliphatic carbocycles. The summed E-state index contributed by atoms with van der Waals surface area (Å²) >= 11 is 0. The van der Waals surface area contributed by atoms with Crippen LogP contribution in [0.5, 0.6) is 5.88 Å². The van der Waals surface area contributed by atoms with Crippen LogP contribution in [-0.2, 0) is 0 Å². The summed E-state index contributed by atoms with van der Waals surface area (Å²) < 4.78 is 0. The minimum Gasteiger partial charge on any atom is -0.492 e. The first kappa shape index (κ1) is 16.0. The topological polar surface area (TPSA) is 112 Å². The molecule has 26 heavy (non-hydrogen) atoms. The van der Waals surface area contributed by atoms with Crippen LogP contribution in [0.3, 0.4) is 0 Å². The Labute approximate surface area is 149 Å². The first-order valence-electron chi connectivity index (χ1n) is 8.25. The molecule has 0 saturated heterocycles. The van der Waals surface area contributed by atoms with Gasteiger partial charge in [0.15, 0.2) is 0 Å².